The molecule has 1 saturated carbocycles. The number of aliphatic carboxylic acids is 1. The molecule has 0 aliphatic heterocycles. The van der Waals surface area contributed by atoms with Gasteiger partial charge >= 0.3 is 5.97 Å². The quantitative estimate of drug-likeness (QED) is 0.320. The van der Waals surface area contributed by atoms with E-state index < -0.39 is 5.97 Å². The summed E-state index contributed by atoms with van der Waals surface area (Å²) in [5.74, 6) is -0.0416. The van der Waals surface area contributed by atoms with Gasteiger partial charge in [-0.2, -0.15) is 0 Å². The zero-order valence-corrected chi connectivity index (χ0v) is 21.7. The summed E-state index contributed by atoms with van der Waals surface area (Å²) in [6, 6.07) is 15.9. The number of carbonyl (C=O) groups is 2. The van der Waals surface area contributed by atoms with E-state index >= 15 is 0 Å². The Labute approximate surface area is 219 Å². The second-order valence-electron chi connectivity index (χ2n) is 9.81. The molecule has 194 valence electrons. The minimum Gasteiger partial charge on any atom is -0.492 e. The van der Waals surface area contributed by atoms with Crippen molar-refractivity contribution in [3.8, 4) is 16.9 Å². The van der Waals surface area contributed by atoms with Gasteiger partial charge in [0.1, 0.15) is 5.75 Å². The molecule has 0 saturated heterocycles. The number of hydrogen-bond acceptors (Lipinski definition) is 4. The van der Waals surface area contributed by atoms with Gasteiger partial charge in [-0.05, 0) is 73.4 Å². The fraction of sp³-hybridized carbons (Fsp3) is 0.387. The summed E-state index contributed by atoms with van der Waals surface area (Å²) in [5.41, 5.74) is 5.65. The zero-order chi connectivity index (χ0) is 26.2. The molecule has 2 aromatic carbocycles. The summed E-state index contributed by atoms with van der Waals surface area (Å²) in [7, 11) is 0. The van der Waals surface area contributed by atoms with Crippen LogP contribution in [-0.2, 0) is 16.0 Å². The Morgan fingerprint density at radius 3 is 2.51 bits per heavy atom. The lowest BCUT2D eigenvalue weighted by Gasteiger charge is -2.30. The average molecular weight is 501 g/mol. The Kier molecular flexibility index (Phi) is 8.94. The van der Waals surface area contributed by atoms with Crippen molar-refractivity contribution in [3.05, 3.63) is 77.6 Å². The van der Waals surface area contributed by atoms with Crippen LogP contribution in [0.1, 0.15) is 68.1 Å². The van der Waals surface area contributed by atoms with Crippen molar-refractivity contribution < 1.29 is 19.4 Å². The lowest BCUT2D eigenvalue weighted by molar-refractivity contribution is -0.137. The summed E-state index contributed by atoms with van der Waals surface area (Å²) < 4.78 is 5.60. The van der Waals surface area contributed by atoms with Crippen LogP contribution in [0, 0.1) is 12.8 Å². The molecule has 0 radical (unpaired) electrons. The fourth-order valence-electron chi connectivity index (χ4n) is 5.35. The molecule has 3 aromatic rings. The number of benzene rings is 2. The maximum absolute atomic E-state index is 13.8. The topological polar surface area (TPSA) is 88.5 Å². The first-order valence-corrected chi connectivity index (χ1v) is 13.3. The minimum absolute atomic E-state index is 0.00172. The molecule has 37 heavy (non-hydrogen) atoms. The van der Waals surface area contributed by atoms with Crippen LogP contribution < -0.4 is 10.1 Å². The predicted molar refractivity (Wildman–Crippen MR) is 146 cm³/mol. The second-order valence-corrected chi connectivity index (χ2v) is 9.81. The maximum atomic E-state index is 13.8. The van der Waals surface area contributed by atoms with E-state index in [4.69, 9.17) is 9.84 Å². The number of pyridine rings is 1. The minimum atomic E-state index is -0.824. The lowest BCUT2D eigenvalue weighted by atomic mass is 9.76. The molecule has 1 aromatic heterocycles. The number of nitrogens with one attached hydrogen (secondary N) is 1. The molecule has 6 heteroatoms. The molecule has 1 aliphatic carbocycles. The van der Waals surface area contributed by atoms with Gasteiger partial charge in [-0.15, -0.1) is 0 Å². The highest BCUT2D eigenvalue weighted by atomic mass is 16.5. The predicted octanol–water partition coefficient (Wildman–Crippen LogP) is 6.78. The fourth-order valence-corrected chi connectivity index (χ4v) is 5.35. The summed E-state index contributed by atoms with van der Waals surface area (Å²) in [4.78, 5) is 29.1. The first kappa shape index (κ1) is 26.4. The van der Waals surface area contributed by atoms with Gasteiger partial charge in [0.15, 0.2) is 0 Å². The van der Waals surface area contributed by atoms with Crippen LogP contribution >= 0.6 is 0 Å². The van der Waals surface area contributed by atoms with E-state index in [1.807, 2.05) is 44.3 Å². The van der Waals surface area contributed by atoms with Gasteiger partial charge in [0.05, 0.1) is 18.7 Å². The van der Waals surface area contributed by atoms with Crippen LogP contribution in [0.5, 0.6) is 5.75 Å². The van der Waals surface area contributed by atoms with Crippen LogP contribution in [0.2, 0.25) is 0 Å². The Morgan fingerprint density at radius 2 is 1.81 bits per heavy atom. The molecule has 1 atom stereocenters. The third-order valence-electron chi connectivity index (χ3n) is 7.34. The Morgan fingerprint density at radius 1 is 1.05 bits per heavy atom. The van der Waals surface area contributed by atoms with Crippen LogP contribution in [0.15, 0.2) is 60.9 Å². The van der Waals surface area contributed by atoms with Gasteiger partial charge in [-0.25, -0.2) is 0 Å². The van der Waals surface area contributed by atoms with Crippen LogP contribution in [-0.4, -0.2) is 28.6 Å². The number of aryl methyl sites for hydroxylation is 1. The molecule has 1 fully saturated rings. The molecule has 6 nitrogen and oxygen atoms in total. The molecular weight excluding hydrogens is 464 g/mol. The number of aromatic nitrogens is 1. The number of nitrogens with zero attached hydrogens (tertiary/aromatic N) is 1. The van der Waals surface area contributed by atoms with Gasteiger partial charge in [0.25, 0.3) is 0 Å². The van der Waals surface area contributed by atoms with Crippen LogP contribution in [0.3, 0.4) is 0 Å². The van der Waals surface area contributed by atoms with E-state index in [-0.39, 0.29) is 24.2 Å². The van der Waals surface area contributed by atoms with E-state index in [2.05, 4.69) is 34.6 Å². The summed E-state index contributed by atoms with van der Waals surface area (Å²) >= 11 is 0. The van der Waals surface area contributed by atoms with Gasteiger partial charge in [0, 0.05) is 23.9 Å². The molecule has 1 aliphatic rings. The van der Waals surface area contributed by atoms with Crippen molar-refractivity contribution in [2.45, 2.75) is 64.7 Å². The van der Waals surface area contributed by atoms with E-state index in [1.165, 1.54) is 6.42 Å². The van der Waals surface area contributed by atoms with Crippen molar-refractivity contribution in [1.82, 2.24) is 4.98 Å². The Balaban J connectivity index is 1.58. The Hall–Kier alpha value is -3.67. The molecule has 1 amide bonds. The zero-order valence-electron chi connectivity index (χ0n) is 21.7. The van der Waals surface area contributed by atoms with E-state index in [0.717, 1.165) is 64.9 Å². The SMILES string of the molecule is CCOc1cncc(-c2ccc([C@H](C(=O)Nc3cccc(CCC(=O)O)c3C)C3CCCCC3)cc2)c1. The molecular formula is C31H36N2O4. The second kappa shape index (κ2) is 12.5. The van der Waals surface area contributed by atoms with Crippen molar-refractivity contribution in [3.63, 3.8) is 0 Å². The number of anilines is 1. The number of carbonyl (C=O) groups excluding carboxylic acids is 1. The molecule has 4 rings (SSSR count). The highest BCUT2D eigenvalue weighted by Gasteiger charge is 2.31. The van der Waals surface area contributed by atoms with Crippen LogP contribution in [0.4, 0.5) is 5.69 Å². The standard InChI is InChI=1S/C31H36N2O4/c1-3-37-27-18-26(19-32-20-27)23-12-14-25(15-13-23)30(24-8-5-4-6-9-24)31(36)33-28-11-7-10-22(21(28)2)16-17-29(34)35/h7,10-15,18-20,24,30H,3-6,8-9,16-17H2,1-2H3,(H,33,36)(H,34,35)/t30-/m1/s1. The smallest absolute Gasteiger partial charge is 0.303 e. The first-order valence-electron chi connectivity index (χ1n) is 13.3. The lowest BCUT2D eigenvalue weighted by Crippen LogP contribution is -2.29. The normalized spacial score (nSPS) is 14.6. The number of hydrogen-bond donors (Lipinski definition) is 2. The van der Waals surface area contributed by atoms with Crippen molar-refractivity contribution >= 4 is 17.6 Å². The average Bonchev–Trinajstić information content (AvgIpc) is 2.91. The summed E-state index contributed by atoms with van der Waals surface area (Å²) in [6.07, 6.45) is 9.63. The maximum Gasteiger partial charge on any atom is 0.303 e. The van der Waals surface area contributed by atoms with E-state index in [0.29, 0.717) is 13.0 Å². The monoisotopic (exact) mass is 500 g/mol. The number of amides is 1. The molecule has 0 unspecified atom stereocenters. The van der Waals surface area contributed by atoms with Crippen molar-refractivity contribution in [2.24, 2.45) is 5.92 Å². The largest absolute Gasteiger partial charge is 0.492 e. The van der Waals surface area contributed by atoms with E-state index in [9.17, 15) is 9.59 Å². The van der Waals surface area contributed by atoms with Gasteiger partial charge in [0.2, 0.25) is 5.91 Å². The van der Waals surface area contributed by atoms with E-state index in [1.54, 1.807) is 6.20 Å². The number of carboxylic acid groups (broad SMARTS) is 1. The third kappa shape index (κ3) is 6.76. The molecule has 0 spiro atoms. The van der Waals surface area contributed by atoms with Gasteiger partial charge in [-0.1, -0.05) is 55.7 Å². The third-order valence-corrected chi connectivity index (χ3v) is 7.34. The number of rotatable bonds is 10. The molecule has 1 heterocycles. The van der Waals surface area contributed by atoms with Crippen molar-refractivity contribution in [1.29, 1.82) is 0 Å². The summed E-state index contributed by atoms with van der Waals surface area (Å²) in [5, 5.41) is 12.3. The Bertz CT molecular complexity index is 1220. The number of carboxylic acids is 1. The molecule has 2 N–H and O–H groups in total. The number of ether oxygens (including phenoxy) is 1. The van der Waals surface area contributed by atoms with Gasteiger partial charge in [-0.3, -0.25) is 14.6 Å². The highest BCUT2D eigenvalue weighted by molar-refractivity contribution is 5.97. The van der Waals surface area contributed by atoms with Crippen LogP contribution in [0.25, 0.3) is 11.1 Å². The first-order chi connectivity index (χ1) is 18.0. The molecule has 0 bridgehead atoms. The van der Waals surface area contributed by atoms with Crippen molar-refractivity contribution in [2.75, 3.05) is 11.9 Å². The summed E-state index contributed by atoms with van der Waals surface area (Å²) in [6.45, 7) is 4.48. The highest BCUT2D eigenvalue weighted by Crippen LogP contribution is 2.38. The van der Waals surface area contributed by atoms with Gasteiger partial charge < -0.3 is 15.2 Å².